The van der Waals surface area contributed by atoms with Gasteiger partial charge in [-0.1, -0.05) is 0 Å². The summed E-state index contributed by atoms with van der Waals surface area (Å²) in [5.41, 5.74) is 6.12. The lowest BCUT2D eigenvalue weighted by Crippen LogP contribution is -2.04. The minimum absolute atomic E-state index is 0.152. The summed E-state index contributed by atoms with van der Waals surface area (Å²) >= 11 is 3.15. The summed E-state index contributed by atoms with van der Waals surface area (Å²) < 4.78 is 53.7. The van der Waals surface area contributed by atoms with Crippen molar-refractivity contribution in [2.45, 2.75) is 6.92 Å². The van der Waals surface area contributed by atoms with Crippen molar-refractivity contribution < 1.29 is 17.6 Å². The average molecular weight is 349 g/mol. The minimum Gasteiger partial charge on any atom is -0.398 e. The first-order chi connectivity index (χ1) is 9.31. The Bertz CT molecular complexity index is 663. The van der Waals surface area contributed by atoms with Crippen LogP contribution >= 0.6 is 15.9 Å². The number of nitrogen functional groups attached to an aromatic ring is 1. The topological polar surface area (TPSA) is 38.0 Å². The van der Waals surface area contributed by atoms with Gasteiger partial charge in [0, 0.05) is 16.2 Å². The predicted molar refractivity (Wildman–Crippen MR) is 72.8 cm³/mol. The molecule has 0 amide bonds. The van der Waals surface area contributed by atoms with Crippen molar-refractivity contribution in [2.24, 2.45) is 0 Å². The summed E-state index contributed by atoms with van der Waals surface area (Å²) in [6, 6.07) is 3.17. The van der Waals surface area contributed by atoms with E-state index in [1.54, 1.807) is 6.92 Å². The van der Waals surface area contributed by atoms with Gasteiger partial charge in [0.15, 0.2) is 23.3 Å². The molecule has 0 atom stereocenters. The van der Waals surface area contributed by atoms with Crippen LogP contribution in [0.25, 0.3) is 0 Å². The van der Waals surface area contributed by atoms with Crippen molar-refractivity contribution in [2.75, 3.05) is 11.1 Å². The first kappa shape index (κ1) is 14.6. The molecule has 2 aromatic rings. The van der Waals surface area contributed by atoms with Gasteiger partial charge in [-0.3, -0.25) is 0 Å². The highest BCUT2D eigenvalue weighted by atomic mass is 79.9. The number of hydrogen-bond donors (Lipinski definition) is 2. The fraction of sp³-hybridized carbons (Fsp3) is 0.0769. The molecule has 2 rings (SSSR count). The van der Waals surface area contributed by atoms with Crippen molar-refractivity contribution in [3.8, 4) is 0 Å². The molecule has 0 aliphatic carbocycles. The summed E-state index contributed by atoms with van der Waals surface area (Å²) in [5, 5.41) is 2.33. The molecule has 0 heterocycles. The van der Waals surface area contributed by atoms with Gasteiger partial charge in [0.2, 0.25) is 0 Å². The van der Waals surface area contributed by atoms with Crippen molar-refractivity contribution in [3.05, 3.63) is 51.5 Å². The van der Waals surface area contributed by atoms with Crippen LogP contribution in [0.3, 0.4) is 0 Å². The molecule has 0 fully saturated rings. The van der Waals surface area contributed by atoms with Gasteiger partial charge in [-0.05, 0) is 40.5 Å². The molecule has 2 aromatic carbocycles. The van der Waals surface area contributed by atoms with Crippen molar-refractivity contribution >= 4 is 33.0 Å². The molecule has 0 bridgehead atoms. The Morgan fingerprint density at radius 3 is 2.10 bits per heavy atom. The first-order valence-corrected chi connectivity index (χ1v) is 6.26. The van der Waals surface area contributed by atoms with E-state index < -0.39 is 29.0 Å². The Labute approximate surface area is 120 Å². The van der Waals surface area contributed by atoms with Gasteiger partial charge in [-0.2, -0.15) is 0 Å². The number of rotatable bonds is 2. The van der Waals surface area contributed by atoms with Gasteiger partial charge in [-0.25, -0.2) is 17.6 Å². The lowest BCUT2D eigenvalue weighted by Gasteiger charge is -2.13. The third-order valence-electron chi connectivity index (χ3n) is 2.73. The van der Waals surface area contributed by atoms with Crippen molar-refractivity contribution in [3.63, 3.8) is 0 Å². The van der Waals surface area contributed by atoms with Gasteiger partial charge < -0.3 is 11.1 Å². The quantitative estimate of drug-likeness (QED) is 0.471. The molecule has 2 nitrogen and oxygen atoms in total. The molecule has 0 aliphatic heterocycles. The van der Waals surface area contributed by atoms with Gasteiger partial charge in [0.05, 0.1) is 5.69 Å². The van der Waals surface area contributed by atoms with Crippen LogP contribution in [0.4, 0.5) is 34.6 Å². The number of nitrogens with two attached hydrogens (primary N) is 1. The smallest absolute Gasteiger partial charge is 0.185 e. The van der Waals surface area contributed by atoms with E-state index in [0.29, 0.717) is 15.7 Å². The standard InChI is InChI=1S/C13H9BrF4N2/c1-5-2-10(6(14)3-9(5)19)20-13-11(17)7(15)4-8(16)12(13)18/h2-4,20H,19H2,1H3. The number of aryl methyl sites for hydroxylation is 1. The van der Waals surface area contributed by atoms with E-state index in [2.05, 4.69) is 21.2 Å². The normalized spacial score (nSPS) is 10.7. The molecule has 20 heavy (non-hydrogen) atoms. The summed E-state index contributed by atoms with van der Waals surface area (Å²) in [6.45, 7) is 1.69. The molecule has 0 saturated heterocycles. The molecule has 3 N–H and O–H groups in total. The Kier molecular flexibility index (Phi) is 3.89. The minimum atomic E-state index is -1.50. The lowest BCUT2D eigenvalue weighted by atomic mass is 10.1. The summed E-state index contributed by atoms with van der Waals surface area (Å²) in [6.07, 6.45) is 0. The number of hydrogen-bond acceptors (Lipinski definition) is 2. The van der Waals surface area contributed by atoms with Crippen molar-refractivity contribution in [1.29, 1.82) is 0 Å². The molecule has 0 aromatic heterocycles. The number of benzene rings is 2. The average Bonchev–Trinajstić information content (AvgIpc) is 2.38. The molecule has 0 unspecified atom stereocenters. The lowest BCUT2D eigenvalue weighted by molar-refractivity contribution is 0.459. The second-order valence-corrected chi connectivity index (χ2v) is 5.01. The highest BCUT2D eigenvalue weighted by Gasteiger charge is 2.20. The van der Waals surface area contributed by atoms with Crippen LogP contribution in [0, 0.1) is 30.2 Å². The summed E-state index contributed by atoms with van der Waals surface area (Å²) in [5.74, 6) is -5.94. The second kappa shape index (κ2) is 5.32. The van der Waals surface area contributed by atoms with Crippen LogP contribution < -0.4 is 11.1 Å². The Hall–Kier alpha value is -1.76. The number of nitrogens with one attached hydrogen (secondary N) is 1. The van der Waals surface area contributed by atoms with E-state index in [-0.39, 0.29) is 11.8 Å². The van der Waals surface area contributed by atoms with E-state index in [1.807, 2.05) is 0 Å². The third-order valence-corrected chi connectivity index (χ3v) is 3.38. The molecule has 0 saturated carbocycles. The Morgan fingerprint density at radius 1 is 1.00 bits per heavy atom. The highest BCUT2D eigenvalue weighted by Crippen LogP contribution is 2.33. The van der Waals surface area contributed by atoms with Crippen LogP contribution in [0.5, 0.6) is 0 Å². The zero-order valence-electron chi connectivity index (χ0n) is 10.2. The monoisotopic (exact) mass is 348 g/mol. The van der Waals surface area contributed by atoms with Gasteiger partial charge in [0.1, 0.15) is 5.69 Å². The Balaban J connectivity index is 2.53. The maximum Gasteiger partial charge on any atom is 0.185 e. The van der Waals surface area contributed by atoms with Crippen LogP contribution in [-0.4, -0.2) is 0 Å². The first-order valence-electron chi connectivity index (χ1n) is 5.47. The zero-order chi connectivity index (χ0) is 15.0. The molecule has 0 aliphatic rings. The maximum absolute atomic E-state index is 13.6. The fourth-order valence-corrected chi connectivity index (χ4v) is 2.07. The van der Waals surface area contributed by atoms with E-state index in [9.17, 15) is 17.6 Å². The number of halogens is 5. The summed E-state index contributed by atoms with van der Waals surface area (Å²) in [7, 11) is 0. The molecular formula is C13H9BrF4N2. The van der Waals surface area contributed by atoms with Crippen LogP contribution in [0.2, 0.25) is 0 Å². The van der Waals surface area contributed by atoms with E-state index >= 15 is 0 Å². The third kappa shape index (κ3) is 2.58. The highest BCUT2D eigenvalue weighted by molar-refractivity contribution is 9.10. The molecule has 0 radical (unpaired) electrons. The molecular weight excluding hydrogens is 340 g/mol. The van der Waals surface area contributed by atoms with Crippen molar-refractivity contribution in [1.82, 2.24) is 0 Å². The van der Waals surface area contributed by atoms with Crippen LogP contribution in [0.15, 0.2) is 22.7 Å². The molecule has 0 spiro atoms. The zero-order valence-corrected chi connectivity index (χ0v) is 11.8. The number of anilines is 3. The fourth-order valence-electron chi connectivity index (χ4n) is 1.61. The van der Waals surface area contributed by atoms with Gasteiger partial charge >= 0.3 is 0 Å². The summed E-state index contributed by atoms with van der Waals surface area (Å²) in [4.78, 5) is 0. The SMILES string of the molecule is Cc1cc(Nc2c(F)c(F)cc(F)c2F)c(Br)cc1N. The van der Waals surface area contributed by atoms with Gasteiger partial charge in [-0.15, -0.1) is 0 Å². The predicted octanol–water partition coefficient (Wildman–Crippen LogP) is 4.64. The van der Waals surface area contributed by atoms with E-state index in [0.717, 1.165) is 0 Å². The largest absolute Gasteiger partial charge is 0.398 e. The molecule has 7 heteroatoms. The maximum atomic E-state index is 13.6. The van der Waals surface area contributed by atoms with E-state index in [1.165, 1.54) is 12.1 Å². The van der Waals surface area contributed by atoms with Crippen LogP contribution in [0.1, 0.15) is 5.56 Å². The van der Waals surface area contributed by atoms with Crippen LogP contribution in [-0.2, 0) is 0 Å². The Morgan fingerprint density at radius 2 is 1.55 bits per heavy atom. The van der Waals surface area contributed by atoms with E-state index in [4.69, 9.17) is 5.73 Å². The molecule has 106 valence electrons. The van der Waals surface area contributed by atoms with Gasteiger partial charge in [0.25, 0.3) is 0 Å². The second-order valence-electron chi connectivity index (χ2n) is 4.16.